The van der Waals surface area contributed by atoms with Gasteiger partial charge in [-0.2, -0.15) is 0 Å². The van der Waals surface area contributed by atoms with Gasteiger partial charge in [-0.25, -0.2) is 22.4 Å². The Hall–Kier alpha value is -2.37. The lowest BCUT2D eigenvalue weighted by Gasteiger charge is -2.31. The first-order valence-electron chi connectivity index (χ1n) is 12.0. The van der Waals surface area contributed by atoms with Crippen LogP contribution in [0.5, 0.6) is 0 Å². The van der Waals surface area contributed by atoms with E-state index in [1.54, 1.807) is 0 Å². The number of aromatic carboxylic acids is 1. The Morgan fingerprint density at radius 1 is 1.03 bits per heavy atom. The zero-order valence-corrected chi connectivity index (χ0v) is 19.1. The number of benzene rings is 2. The normalized spacial score (nSPS) is 19.4. The molecule has 2 aromatic rings. The minimum atomic E-state index is -1.59. The van der Waals surface area contributed by atoms with Gasteiger partial charge in [0.1, 0.15) is 6.17 Å². The number of unbranched alkanes of at least 4 members (excludes halogenated alkanes) is 3. The molecule has 0 radical (unpaired) electrons. The van der Waals surface area contributed by atoms with E-state index in [9.17, 15) is 23.1 Å². The van der Waals surface area contributed by atoms with Crippen molar-refractivity contribution in [3.8, 4) is 11.1 Å². The molecule has 1 unspecified atom stereocenters. The van der Waals surface area contributed by atoms with Crippen LogP contribution in [0.15, 0.2) is 30.3 Å². The molecule has 1 aliphatic carbocycles. The van der Waals surface area contributed by atoms with Crippen molar-refractivity contribution in [3.63, 3.8) is 0 Å². The monoisotopic (exact) mass is 464 g/mol. The fourth-order valence-corrected chi connectivity index (χ4v) is 5.05. The van der Waals surface area contributed by atoms with Crippen LogP contribution in [0.25, 0.3) is 11.1 Å². The summed E-state index contributed by atoms with van der Waals surface area (Å²) in [6.45, 7) is 2.18. The van der Waals surface area contributed by atoms with Gasteiger partial charge in [0.15, 0.2) is 17.5 Å². The molecule has 0 aromatic heterocycles. The highest BCUT2D eigenvalue weighted by atomic mass is 19.2. The first kappa shape index (κ1) is 25.3. The highest BCUT2D eigenvalue weighted by Crippen LogP contribution is 2.37. The smallest absolute Gasteiger partial charge is 0.335 e. The predicted molar refractivity (Wildman–Crippen MR) is 122 cm³/mol. The summed E-state index contributed by atoms with van der Waals surface area (Å²) in [5, 5.41) is 9.64. The summed E-state index contributed by atoms with van der Waals surface area (Å²) in [5.74, 6) is -5.12. The average molecular weight is 465 g/mol. The van der Waals surface area contributed by atoms with Crippen molar-refractivity contribution in [2.24, 2.45) is 11.8 Å². The van der Waals surface area contributed by atoms with E-state index in [2.05, 4.69) is 6.92 Å². The molecule has 1 fully saturated rings. The molecule has 0 spiro atoms. The van der Waals surface area contributed by atoms with Gasteiger partial charge >= 0.3 is 5.97 Å². The van der Waals surface area contributed by atoms with Crippen molar-refractivity contribution in [2.75, 3.05) is 0 Å². The zero-order valence-electron chi connectivity index (χ0n) is 19.1. The van der Waals surface area contributed by atoms with Gasteiger partial charge in [-0.3, -0.25) is 0 Å². The van der Waals surface area contributed by atoms with Crippen molar-refractivity contribution in [2.45, 2.75) is 77.3 Å². The summed E-state index contributed by atoms with van der Waals surface area (Å²) in [6.07, 6.45) is 8.10. The quantitative estimate of drug-likeness (QED) is 0.219. The second-order valence-electron chi connectivity index (χ2n) is 9.24. The first-order valence-corrected chi connectivity index (χ1v) is 12.0. The van der Waals surface area contributed by atoms with Crippen LogP contribution in [0.3, 0.4) is 0 Å². The second-order valence-corrected chi connectivity index (χ2v) is 9.24. The van der Waals surface area contributed by atoms with Crippen molar-refractivity contribution in [1.82, 2.24) is 0 Å². The topological polar surface area (TPSA) is 37.3 Å². The first-order chi connectivity index (χ1) is 15.8. The lowest BCUT2D eigenvalue weighted by molar-refractivity contribution is 0.0694. The molecule has 0 saturated heterocycles. The van der Waals surface area contributed by atoms with Crippen molar-refractivity contribution in [1.29, 1.82) is 0 Å². The zero-order chi connectivity index (χ0) is 24.0. The fourth-order valence-electron chi connectivity index (χ4n) is 5.05. The SMILES string of the molecule is CCCCCCC1CCC(C(F)Cc2c(C(=O)O)cccc2-c2cc(F)c(F)c(F)c2)CC1. The van der Waals surface area contributed by atoms with E-state index in [0.29, 0.717) is 5.92 Å². The number of halogens is 4. The Morgan fingerprint density at radius 3 is 2.30 bits per heavy atom. The highest BCUT2D eigenvalue weighted by Gasteiger charge is 2.29. The van der Waals surface area contributed by atoms with Gasteiger partial charge < -0.3 is 5.11 Å². The third kappa shape index (κ3) is 6.36. The van der Waals surface area contributed by atoms with Crippen LogP contribution in [0.2, 0.25) is 0 Å². The molecular weight excluding hydrogens is 432 g/mol. The van der Waals surface area contributed by atoms with Crippen LogP contribution in [0, 0.1) is 29.3 Å². The van der Waals surface area contributed by atoms with E-state index < -0.39 is 29.6 Å². The molecule has 0 heterocycles. The van der Waals surface area contributed by atoms with Gasteiger partial charge in [-0.15, -0.1) is 0 Å². The second kappa shape index (κ2) is 11.7. The minimum Gasteiger partial charge on any atom is -0.478 e. The average Bonchev–Trinajstić information content (AvgIpc) is 2.80. The Kier molecular flexibility index (Phi) is 8.93. The van der Waals surface area contributed by atoms with Crippen LogP contribution in [0.4, 0.5) is 17.6 Å². The number of hydrogen-bond acceptors (Lipinski definition) is 1. The molecule has 180 valence electrons. The van der Waals surface area contributed by atoms with E-state index in [4.69, 9.17) is 0 Å². The number of rotatable bonds is 10. The lowest BCUT2D eigenvalue weighted by Crippen LogP contribution is -2.25. The number of hydrogen-bond donors (Lipinski definition) is 1. The van der Waals surface area contributed by atoms with Gasteiger partial charge in [0.2, 0.25) is 0 Å². The Balaban J connectivity index is 1.76. The molecule has 1 saturated carbocycles. The maximum Gasteiger partial charge on any atom is 0.335 e. The third-order valence-electron chi connectivity index (χ3n) is 6.97. The van der Waals surface area contributed by atoms with Crippen LogP contribution in [-0.4, -0.2) is 17.2 Å². The summed E-state index contributed by atoms with van der Waals surface area (Å²) in [6, 6.07) is 5.93. The number of carbonyl (C=O) groups is 1. The summed E-state index contributed by atoms with van der Waals surface area (Å²) < 4.78 is 56.5. The van der Waals surface area contributed by atoms with Gasteiger partial charge in [-0.1, -0.05) is 64.0 Å². The molecule has 1 N–H and O–H groups in total. The Morgan fingerprint density at radius 2 is 1.70 bits per heavy atom. The molecule has 3 rings (SSSR count). The fraction of sp³-hybridized carbons (Fsp3) is 0.519. The molecular formula is C27H32F4O2. The Labute approximate surface area is 193 Å². The van der Waals surface area contributed by atoms with E-state index in [1.807, 2.05) is 0 Å². The molecule has 2 nitrogen and oxygen atoms in total. The molecule has 6 heteroatoms. The summed E-state index contributed by atoms with van der Waals surface area (Å²) in [7, 11) is 0. The minimum absolute atomic E-state index is 0.00696. The Bertz CT molecular complexity index is 928. The number of carboxylic acid groups (broad SMARTS) is 1. The third-order valence-corrected chi connectivity index (χ3v) is 6.97. The largest absolute Gasteiger partial charge is 0.478 e. The van der Waals surface area contributed by atoms with E-state index in [0.717, 1.165) is 37.8 Å². The maximum atomic E-state index is 15.4. The predicted octanol–water partition coefficient (Wildman–Crippen LogP) is 8.13. The highest BCUT2D eigenvalue weighted by molar-refractivity contribution is 5.92. The van der Waals surface area contributed by atoms with Gasteiger partial charge in [-0.05, 0) is 59.6 Å². The van der Waals surface area contributed by atoms with E-state index >= 15 is 4.39 Å². The van der Waals surface area contributed by atoms with Gasteiger partial charge in [0.25, 0.3) is 0 Å². The van der Waals surface area contributed by atoms with E-state index in [1.165, 1.54) is 50.3 Å². The van der Waals surface area contributed by atoms with Crippen molar-refractivity contribution < 1.29 is 27.5 Å². The molecule has 0 bridgehead atoms. The van der Waals surface area contributed by atoms with Crippen molar-refractivity contribution >= 4 is 5.97 Å². The summed E-state index contributed by atoms with van der Waals surface area (Å²) in [5.41, 5.74) is 0.280. The van der Waals surface area contributed by atoms with Crippen LogP contribution >= 0.6 is 0 Å². The molecule has 1 aliphatic rings. The summed E-state index contributed by atoms with van der Waals surface area (Å²) in [4.78, 5) is 11.8. The van der Waals surface area contributed by atoms with Crippen molar-refractivity contribution in [3.05, 3.63) is 58.9 Å². The lowest BCUT2D eigenvalue weighted by atomic mass is 9.76. The van der Waals surface area contributed by atoms with E-state index in [-0.39, 0.29) is 34.6 Å². The maximum absolute atomic E-state index is 15.4. The standard InChI is InChI=1S/C27H32F4O2/c1-2-3-4-5-7-17-10-12-18(13-11-17)23(28)16-22-20(8-6-9-21(22)27(32)33)19-14-24(29)26(31)25(30)15-19/h6,8-9,14-15,17-18,23H,2-5,7,10-13,16H2,1H3,(H,32,33). The summed E-state index contributed by atoms with van der Waals surface area (Å²) >= 11 is 0. The molecule has 2 aromatic carbocycles. The van der Waals surface area contributed by atoms with Crippen LogP contribution < -0.4 is 0 Å². The molecule has 0 amide bonds. The molecule has 0 aliphatic heterocycles. The number of carboxylic acids is 1. The molecule has 1 atom stereocenters. The number of alkyl halides is 1. The molecule has 33 heavy (non-hydrogen) atoms. The van der Waals surface area contributed by atoms with Gasteiger partial charge in [0, 0.05) is 6.42 Å². The van der Waals surface area contributed by atoms with Gasteiger partial charge in [0.05, 0.1) is 5.56 Å². The van der Waals surface area contributed by atoms with Crippen LogP contribution in [-0.2, 0) is 6.42 Å². The van der Waals surface area contributed by atoms with Crippen LogP contribution in [0.1, 0.15) is 80.6 Å².